The van der Waals surface area contributed by atoms with Gasteiger partial charge in [-0.15, -0.1) is 0 Å². The topological polar surface area (TPSA) is 61.4 Å². The maximum atomic E-state index is 13.6. The predicted octanol–water partition coefficient (Wildman–Crippen LogP) is 4.36. The first-order valence-corrected chi connectivity index (χ1v) is 9.14. The van der Waals surface area contributed by atoms with Crippen LogP contribution in [0.5, 0.6) is 0 Å². The second kappa shape index (κ2) is 8.52. The average Bonchev–Trinajstić information content (AvgIpc) is 2.56. The normalized spacial score (nSPS) is 12.6. The number of likely N-dealkylation sites (N-methyl/N-ethyl adjacent to an activating group) is 1. The van der Waals surface area contributed by atoms with Gasteiger partial charge in [0.1, 0.15) is 11.9 Å². The van der Waals surface area contributed by atoms with E-state index in [1.807, 2.05) is 27.7 Å². The van der Waals surface area contributed by atoms with E-state index < -0.39 is 11.5 Å². The fraction of sp³-hybridized carbons (Fsp3) is 0.364. The number of rotatable bonds is 5. The van der Waals surface area contributed by atoms with Gasteiger partial charge in [-0.25, -0.2) is 4.39 Å². The Bertz CT molecular complexity index is 872. The van der Waals surface area contributed by atoms with Gasteiger partial charge in [0, 0.05) is 16.8 Å². The largest absolute Gasteiger partial charge is 0.325 e. The van der Waals surface area contributed by atoms with E-state index in [1.54, 1.807) is 49.3 Å². The quantitative estimate of drug-likeness (QED) is 0.804. The zero-order chi connectivity index (χ0) is 21.1. The third kappa shape index (κ3) is 5.39. The first kappa shape index (κ1) is 21.6. The van der Waals surface area contributed by atoms with E-state index in [4.69, 9.17) is 0 Å². The number of halogens is 1. The number of hydrogen-bond acceptors (Lipinski definition) is 3. The molecule has 2 aromatic rings. The van der Waals surface area contributed by atoms with Crippen molar-refractivity contribution >= 4 is 23.2 Å². The Hall–Kier alpha value is -2.73. The van der Waals surface area contributed by atoms with Crippen LogP contribution in [0.3, 0.4) is 0 Å². The summed E-state index contributed by atoms with van der Waals surface area (Å²) in [5, 5.41) is 5.78. The van der Waals surface area contributed by atoms with Crippen LogP contribution < -0.4 is 10.6 Å². The number of anilines is 2. The van der Waals surface area contributed by atoms with Gasteiger partial charge in [-0.2, -0.15) is 0 Å². The molecule has 2 N–H and O–H groups in total. The number of benzene rings is 2. The molecule has 0 bridgehead atoms. The van der Waals surface area contributed by atoms with Crippen LogP contribution in [0, 0.1) is 18.2 Å². The summed E-state index contributed by atoms with van der Waals surface area (Å²) in [7, 11) is 3.54. The van der Waals surface area contributed by atoms with E-state index in [-0.39, 0.29) is 17.6 Å². The van der Waals surface area contributed by atoms with Crippen molar-refractivity contribution in [2.45, 2.75) is 33.7 Å². The van der Waals surface area contributed by atoms with Gasteiger partial charge < -0.3 is 10.6 Å². The molecule has 0 saturated heterocycles. The first-order chi connectivity index (χ1) is 13.0. The average molecular weight is 385 g/mol. The zero-order valence-corrected chi connectivity index (χ0v) is 17.3. The molecule has 6 heteroatoms. The van der Waals surface area contributed by atoms with E-state index in [1.165, 1.54) is 12.1 Å². The van der Waals surface area contributed by atoms with E-state index >= 15 is 0 Å². The number of carbonyl (C=O) groups is 2. The lowest BCUT2D eigenvalue weighted by atomic mass is 9.95. The molecule has 1 unspecified atom stereocenters. The van der Waals surface area contributed by atoms with Crippen molar-refractivity contribution in [1.82, 2.24) is 4.90 Å². The lowest BCUT2D eigenvalue weighted by molar-refractivity contribution is -0.123. The summed E-state index contributed by atoms with van der Waals surface area (Å²) in [4.78, 5) is 26.7. The molecule has 0 heterocycles. The second-order valence-electron chi connectivity index (χ2n) is 8.14. The molecule has 2 amide bonds. The molecule has 0 radical (unpaired) electrons. The molecule has 2 aromatic carbocycles. The predicted molar refractivity (Wildman–Crippen MR) is 111 cm³/mol. The van der Waals surface area contributed by atoms with Gasteiger partial charge >= 0.3 is 0 Å². The number of carbonyl (C=O) groups excluding carboxylic acids is 2. The minimum atomic E-state index is -0.628. The molecule has 28 heavy (non-hydrogen) atoms. The van der Waals surface area contributed by atoms with E-state index in [9.17, 15) is 14.0 Å². The molecular weight excluding hydrogens is 357 g/mol. The Morgan fingerprint density at radius 2 is 1.71 bits per heavy atom. The molecule has 0 saturated carbocycles. The number of aryl methyl sites for hydroxylation is 1. The second-order valence-corrected chi connectivity index (χ2v) is 8.14. The fourth-order valence-corrected chi connectivity index (χ4v) is 2.76. The Kier molecular flexibility index (Phi) is 6.56. The molecule has 0 fully saturated rings. The molecule has 0 aliphatic heterocycles. The van der Waals surface area contributed by atoms with Crippen molar-refractivity contribution in [3.05, 3.63) is 59.4 Å². The summed E-state index contributed by atoms with van der Waals surface area (Å²) in [6, 6.07) is 10.7. The minimum absolute atomic E-state index is 0.0776. The minimum Gasteiger partial charge on any atom is -0.325 e. The van der Waals surface area contributed by atoms with Crippen LogP contribution in [-0.4, -0.2) is 30.8 Å². The van der Waals surface area contributed by atoms with Crippen LogP contribution in [-0.2, 0) is 9.59 Å². The third-order valence-electron chi connectivity index (χ3n) is 4.35. The van der Waals surface area contributed by atoms with Crippen LogP contribution >= 0.6 is 0 Å². The van der Waals surface area contributed by atoms with Gasteiger partial charge in [0.05, 0.1) is 0 Å². The summed E-state index contributed by atoms with van der Waals surface area (Å²) in [6.45, 7) is 7.41. The third-order valence-corrected chi connectivity index (χ3v) is 4.35. The van der Waals surface area contributed by atoms with Crippen molar-refractivity contribution in [2.75, 3.05) is 24.7 Å². The molecule has 0 spiro atoms. The number of nitrogens with zero attached hydrogens (tertiary/aromatic N) is 1. The first-order valence-electron chi connectivity index (χ1n) is 9.14. The zero-order valence-electron chi connectivity index (χ0n) is 17.3. The van der Waals surface area contributed by atoms with Gasteiger partial charge in [0.25, 0.3) is 0 Å². The Labute approximate surface area is 165 Å². The molecule has 2 rings (SSSR count). The number of amides is 2. The van der Waals surface area contributed by atoms with Crippen LogP contribution in [0.1, 0.15) is 37.9 Å². The summed E-state index contributed by atoms with van der Waals surface area (Å²) in [6.07, 6.45) is 0. The lowest BCUT2D eigenvalue weighted by Gasteiger charge is -2.24. The molecule has 5 nitrogen and oxygen atoms in total. The van der Waals surface area contributed by atoms with Crippen molar-refractivity contribution in [2.24, 2.45) is 5.41 Å². The smallest absolute Gasteiger partial charge is 0.246 e. The van der Waals surface area contributed by atoms with Crippen molar-refractivity contribution in [3.8, 4) is 0 Å². The number of nitrogens with one attached hydrogen (secondary N) is 2. The van der Waals surface area contributed by atoms with E-state index in [0.717, 1.165) is 5.56 Å². The van der Waals surface area contributed by atoms with Crippen LogP contribution in [0.4, 0.5) is 15.8 Å². The van der Waals surface area contributed by atoms with Crippen molar-refractivity contribution in [3.63, 3.8) is 0 Å². The molecule has 0 aliphatic carbocycles. The SMILES string of the molecule is Cc1cc(NC(=O)C(c2cccc(F)c2)N(C)C)ccc1NC(=O)C(C)(C)C. The van der Waals surface area contributed by atoms with Gasteiger partial charge in [0.15, 0.2) is 0 Å². The molecule has 0 aliphatic rings. The summed E-state index contributed by atoms with van der Waals surface area (Å²) < 4.78 is 13.6. The summed E-state index contributed by atoms with van der Waals surface area (Å²) in [5.41, 5.74) is 2.23. The molecule has 0 aromatic heterocycles. The fourth-order valence-electron chi connectivity index (χ4n) is 2.76. The van der Waals surface area contributed by atoms with Crippen LogP contribution in [0.15, 0.2) is 42.5 Å². The van der Waals surface area contributed by atoms with E-state index in [2.05, 4.69) is 10.6 Å². The van der Waals surface area contributed by atoms with Crippen molar-refractivity contribution < 1.29 is 14.0 Å². The molecular formula is C22H28FN3O2. The highest BCUT2D eigenvalue weighted by Gasteiger charge is 2.24. The highest BCUT2D eigenvalue weighted by molar-refractivity contribution is 5.97. The monoisotopic (exact) mass is 385 g/mol. The Morgan fingerprint density at radius 1 is 1.04 bits per heavy atom. The van der Waals surface area contributed by atoms with E-state index in [0.29, 0.717) is 16.9 Å². The Balaban J connectivity index is 2.18. The standard InChI is InChI=1S/C22H28FN3O2/c1-14-12-17(10-11-18(14)25-21(28)22(2,3)4)24-20(27)19(26(5)6)15-8-7-9-16(23)13-15/h7-13,19H,1-6H3,(H,24,27)(H,25,28). The van der Waals surface area contributed by atoms with Crippen LogP contribution in [0.25, 0.3) is 0 Å². The summed E-state index contributed by atoms with van der Waals surface area (Å²) >= 11 is 0. The van der Waals surface area contributed by atoms with Crippen molar-refractivity contribution in [1.29, 1.82) is 0 Å². The van der Waals surface area contributed by atoms with Gasteiger partial charge in [0.2, 0.25) is 11.8 Å². The highest BCUT2D eigenvalue weighted by Crippen LogP contribution is 2.25. The molecule has 150 valence electrons. The maximum Gasteiger partial charge on any atom is 0.246 e. The van der Waals surface area contributed by atoms with Gasteiger partial charge in [-0.1, -0.05) is 32.9 Å². The summed E-state index contributed by atoms with van der Waals surface area (Å²) in [5.74, 6) is -0.723. The van der Waals surface area contributed by atoms with Gasteiger partial charge in [-0.05, 0) is 62.5 Å². The maximum absolute atomic E-state index is 13.6. The highest BCUT2D eigenvalue weighted by atomic mass is 19.1. The van der Waals surface area contributed by atoms with Crippen LogP contribution in [0.2, 0.25) is 0 Å². The molecule has 1 atom stereocenters. The number of hydrogen-bond donors (Lipinski definition) is 2. The lowest BCUT2D eigenvalue weighted by Crippen LogP contribution is -2.32. The Morgan fingerprint density at radius 3 is 2.25 bits per heavy atom. The van der Waals surface area contributed by atoms with Gasteiger partial charge in [-0.3, -0.25) is 14.5 Å².